The van der Waals surface area contributed by atoms with E-state index in [1.54, 1.807) is 6.33 Å². The molecule has 6 nitrogen and oxygen atoms in total. The maximum atomic E-state index is 13.4. The van der Waals surface area contributed by atoms with Gasteiger partial charge in [-0.15, -0.1) is 0 Å². The molecule has 1 aliphatic carbocycles. The van der Waals surface area contributed by atoms with Gasteiger partial charge in [0, 0.05) is 6.54 Å². The first-order chi connectivity index (χ1) is 12.2. The normalized spacial score (nSPS) is 22.5. The monoisotopic (exact) mass is 347 g/mol. The molecule has 0 spiro atoms. The van der Waals surface area contributed by atoms with Crippen molar-refractivity contribution in [3.8, 4) is 0 Å². The highest BCUT2D eigenvalue weighted by Gasteiger charge is 2.45. The van der Waals surface area contributed by atoms with Crippen molar-refractivity contribution < 1.29 is 4.79 Å². The molecule has 1 N–H and O–H groups in total. The van der Waals surface area contributed by atoms with E-state index < -0.39 is 0 Å². The lowest BCUT2D eigenvalue weighted by Gasteiger charge is -2.47. The van der Waals surface area contributed by atoms with Gasteiger partial charge in [-0.05, 0) is 52.1 Å². The van der Waals surface area contributed by atoms with Crippen LogP contribution in [0.1, 0.15) is 83.5 Å². The van der Waals surface area contributed by atoms with E-state index in [4.69, 9.17) is 0 Å². The Balaban J connectivity index is 1.74. The van der Waals surface area contributed by atoms with Gasteiger partial charge in [0.1, 0.15) is 17.7 Å². The Kier molecular flexibility index (Phi) is 6.10. The largest absolute Gasteiger partial charge is 0.345 e. The molecule has 6 heteroatoms. The summed E-state index contributed by atoms with van der Waals surface area (Å²) in [6, 6.07) is -0.106. The van der Waals surface area contributed by atoms with Gasteiger partial charge in [0.05, 0.1) is 6.04 Å². The number of rotatable bonds is 6. The van der Waals surface area contributed by atoms with Crippen LogP contribution in [0.2, 0.25) is 0 Å². The van der Waals surface area contributed by atoms with Crippen LogP contribution in [-0.4, -0.2) is 44.2 Å². The zero-order valence-electron chi connectivity index (χ0n) is 15.8. The fourth-order valence-electron chi connectivity index (χ4n) is 4.53. The second kappa shape index (κ2) is 8.30. The molecule has 0 bridgehead atoms. The number of nitrogens with one attached hydrogen (secondary N) is 1. The van der Waals surface area contributed by atoms with E-state index in [1.807, 2.05) is 11.6 Å². The zero-order valence-corrected chi connectivity index (χ0v) is 15.8. The van der Waals surface area contributed by atoms with E-state index in [2.05, 4.69) is 27.2 Å². The molecule has 1 amide bonds. The highest BCUT2D eigenvalue weighted by atomic mass is 16.2. The molecule has 1 saturated carbocycles. The van der Waals surface area contributed by atoms with Crippen LogP contribution in [0.15, 0.2) is 6.33 Å². The lowest BCUT2D eigenvalue weighted by Crippen LogP contribution is -2.61. The number of carbonyl (C=O) groups is 1. The number of nitrogens with zero attached hydrogens (tertiary/aromatic N) is 4. The van der Waals surface area contributed by atoms with Crippen LogP contribution in [0.4, 0.5) is 0 Å². The highest BCUT2D eigenvalue weighted by molar-refractivity contribution is 5.86. The van der Waals surface area contributed by atoms with Gasteiger partial charge in [0.25, 0.3) is 0 Å². The molecule has 25 heavy (non-hydrogen) atoms. The fourth-order valence-corrected chi connectivity index (χ4v) is 4.53. The van der Waals surface area contributed by atoms with Crippen molar-refractivity contribution in [1.82, 2.24) is 25.0 Å². The van der Waals surface area contributed by atoms with Crippen molar-refractivity contribution in [2.24, 2.45) is 0 Å². The van der Waals surface area contributed by atoms with Crippen molar-refractivity contribution in [3.05, 3.63) is 12.2 Å². The fraction of sp³-hybridized carbons (Fsp3) is 0.842. The first-order valence-electron chi connectivity index (χ1n) is 10.1. The Morgan fingerprint density at radius 2 is 1.88 bits per heavy atom. The van der Waals surface area contributed by atoms with Gasteiger partial charge in [-0.1, -0.05) is 32.6 Å². The van der Waals surface area contributed by atoms with Gasteiger partial charge >= 0.3 is 0 Å². The van der Waals surface area contributed by atoms with E-state index >= 15 is 0 Å². The molecule has 0 aromatic carbocycles. The molecule has 2 fully saturated rings. The minimum absolute atomic E-state index is 0.106. The summed E-state index contributed by atoms with van der Waals surface area (Å²) < 4.78 is 1.92. The molecule has 2 heterocycles. The third-order valence-corrected chi connectivity index (χ3v) is 5.88. The summed E-state index contributed by atoms with van der Waals surface area (Å²) in [6.07, 6.45) is 11.9. The average Bonchev–Trinajstić information content (AvgIpc) is 3.12. The van der Waals surface area contributed by atoms with Crippen LogP contribution in [0, 0.1) is 0 Å². The van der Waals surface area contributed by atoms with Crippen molar-refractivity contribution in [3.63, 3.8) is 0 Å². The third kappa shape index (κ3) is 3.89. The quantitative estimate of drug-likeness (QED) is 0.859. The first kappa shape index (κ1) is 18.4. The zero-order chi connectivity index (χ0) is 17.7. The molecule has 1 aromatic rings. The summed E-state index contributed by atoms with van der Waals surface area (Å²) in [5.41, 5.74) is -0.303. The number of aryl methyl sites for hydroxylation is 1. The van der Waals surface area contributed by atoms with Crippen LogP contribution in [0.25, 0.3) is 0 Å². The lowest BCUT2D eigenvalue weighted by molar-refractivity contribution is -0.138. The summed E-state index contributed by atoms with van der Waals surface area (Å²) in [7, 11) is 0. The van der Waals surface area contributed by atoms with Crippen LogP contribution < -0.4 is 5.32 Å². The second-order valence-electron chi connectivity index (χ2n) is 7.68. The predicted octanol–water partition coefficient (Wildman–Crippen LogP) is 3.05. The lowest BCUT2D eigenvalue weighted by atomic mass is 9.78. The predicted molar refractivity (Wildman–Crippen MR) is 98.1 cm³/mol. The van der Waals surface area contributed by atoms with Gasteiger partial charge in [0.2, 0.25) is 5.91 Å². The molecular formula is C19H33N5O. The smallest absolute Gasteiger partial charge is 0.241 e. The van der Waals surface area contributed by atoms with Gasteiger partial charge < -0.3 is 5.32 Å². The van der Waals surface area contributed by atoms with Crippen molar-refractivity contribution in [2.45, 2.75) is 89.8 Å². The number of hydrogen-bond donors (Lipinski definition) is 1. The minimum atomic E-state index is -0.303. The van der Waals surface area contributed by atoms with Crippen LogP contribution in [0.5, 0.6) is 0 Å². The summed E-state index contributed by atoms with van der Waals surface area (Å²) in [5, 5.41) is 7.58. The molecule has 1 aliphatic heterocycles. The van der Waals surface area contributed by atoms with Crippen molar-refractivity contribution in [1.29, 1.82) is 0 Å². The molecule has 140 valence electrons. The Morgan fingerprint density at radius 1 is 1.20 bits per heavy atom. The standard InChI is InChI=1S/C19H33N5O/c1-3-12-24-17(20-15-21-24)16(2)22-18(25)19(10-6-4-7-11-19)23-13-8-5-9-14-23/h15-16H,3-14H2,1-2H3,(H,22,25)/t16-/m0/s1. The van der Waals surface area contributed by atoms with Crippen LogP contribution in [0.3, 0.4) is 0 Å². The minimum Gasteiger partial charge on any atom is -0.345 e. The summed E-state index contributed by atoms with van der Waals surface area (Å²) in [6.45, 7) is 7.12. The Hall–Kier alpha value is -1.43. The molecule has 1 saturated heterocycles. The number of aromatic nitrogens is 3. The average molecular weight is 348 g/mol. The Labute approximate surface area is 151 Å². The molecule has 1 atom stereocenters. The topological polar surface area (TPSA) is 63.1 Å². The molecule has 2 aliphatic rings. The molecule has 0 unspecified atom stereocenters. The number of hydrogen-bond acceptors (Lipinski definition) is 4. The SMILES string of the molecule is CCCn1ncnc1[C@H](C)NC(=O)C1(N2CCCCC2)CCCCC1. The van der Waals surface area contributed by atoms with E-state index in [9.17, 15) is 4.79 Å². The molecule has 0 radical (unpaired) electrons. The third-order valence-electron chi connectivity index (χ3n) is 5.88. The maximum Gasteiger partial charge on any atom is 0.241 e. The van der Waals surface area contributed by atoms with E-state index in [0.717, 1.165) is 57.6 Å². The van der Waals surface area contributed by atoms with Crippen LogP contribution in [-0.2, 0) is 11.3 Å². The van der Waals surface area contributed by atoms with Gasteiger partial charge in [-0.2, -0.15) is 5.10 Å². The van der Waals surface area contributed by atoms with Crippen LogP contribution >= 0.6 is 0 Å². The number of carbonyl (C=O) groups excluding carboxylic acids is 1. The van der Waals surface area contributed by atoms with Gasteiger partial charge in [-0.25, -0.2) is 9.67 Å². The second-order valence-corrected chi connectivity index (χ2v) is 7.68. The van der Waals surface area contributed by atoms with E-state index in [-0.39, 0.29) is 17.5 Å². The molecular weight excluding hydrogens is 314 g/mol. The number of likely N-dealkylation sites (tertiary alicyclic amines) is 1. The first-order valence-corrected chi connectivity index (χ1v) is 10.1. The Bertz CT molecular complexity index is 558. The number of amides is 1. The molecule has 1 aromatic heterocycles. The molecule has 3 rings (SSSR count). The van der Waals surface area contributed by atoms with E-state index in [1.165, 1.54) is 25.7 Å². The van der Waals surface area contributed by atoms with Gasteiger partial charge in [-0.3, -0.25) is 9.69 Å². The van der Waals surface area contributed by atoms with Gasteiger partial charge in [0.15, 0.2) is 0 Å². The summed E-state index contributed by atoms with van der Waals surface area (Å²) >= 11 is 0. The number of piperidine rings is 1. The highest BCUT2D eigenvalue weighted by Crippen LogP contribution is 2.36. The maximum absolute atomic E-state index is 13.4. The van der Waals surface area contributed by atoms with Crippen molar-refractivity contribution in [2.75, 3.05) is 13.1 Å². The van der Waals surface area contributed by atoms with E-state index in [0.29, 0.717) is 0 Å². The Morgan fingerprint density at radius 3 is 2.56 bits per heavy atom. The summed E-state index contributed by atoms with van der Waals surface area (Å²) in [5.74, 6) is 1.06. The van der Waals surface area contributed by atoms with Crippen molar-refractivity contribution >= 4 is 5.91 Å². The summed E-state index contributed by atoms with van der Waals surface area (Å²) in [4.78, 5) is 20.3.